The number of hydrogen-bond acceptors (Lipinski definition) is 3. The van der Waals surface area contributed by atoms with Crippen molar-refractivity contribution in [3.05, 3.63) is 28.5 Å². The van der Waals surface area contributed by atoms with E-state index < -0.39 is 18.0 Å². The summed E-state index contributed by atoms with van der Waals surface area (Å²) in [6.07, 6.45) is -1.36. The van der Waals surface area contributed by atoms with E-state index in [-0.39, 0.29) is 6.61 Å². The number of ether oxygens (including phenoxy) is 2. The average Bonchev–Trinajstić information content (AvgIpc) is 2.18. The summed E-state index contributed by atoms with van der Waals surface area (Å²) in [4.78, 5) is 10.4. The molecule has 0 spiro atoms. The van der Waals surface area contributed by atoms with E-state index in [1.54, 1.807) is 6.92 Å². The number of hydrogen-bond donors (Lipinski definition) is 1. The van der Waals surface area contributed by atoms with Crippen LogP contribution in [0.3, 0.4) is 0 Å². The minimum Gasteiger partial charge on any atom is -0.488 e. The van der Waals surface area contributed by atoms with Crippen LogP contribution in [0.1, 0.15) is 6.92 Å². The van der Waals surface area contributed by atoms with Crippen molar-refractivity contribution in [1.29, 1.82) is 0 Å². The number of rotatable bonds is 4. The van der Waals surface area contributed by atoms with Gasteiger partial charge in [-0.2, -0.15) is 0 Å². The lowest BCUT2D eigenvalue weighted by molar-refractivity contribution is 0.0820. The number of carbonyl (C=O) groups excluding carboxylic acids is 1. The summed E-state index contributed by atoms with van der Waals surface area (Å²) in [6.45, 7) is 1.73. The molecule has 6 heteroatoms. The van der Waals surface area contributed by atoms with Gasteiger partial charge in [0.1, 0.15) is 24.3 Å². The molecule has 16 heavy (non-hydrogen) atoms. The van der Waals surface area contributed by atoms with Crippen LogP contribution in [0.4, 0.5) is 9.18 Å². The van der Waals surface area contributed by atoms with Gasteiger partial charge < -0.3 is 15.2 Å². The highest BCUT2D eigenvalue weighted by atomic mass is 79.9. The second-order valence-electron chi connectivity index (χ2n) is 3.13. The molecule has 1 atom stereocenters. The average molecular weight is 292 g/mol. The molecule has 1 amide bonds. The number of primary amides is 1. The molecule has 1 aromatic rings. The second kappa shape index (κ2) is 5.69. The van der Waals surface area contributed by atoms with Gasteiger partial charge in [-0.25, -0.2) is 9.18 Å². The third-order valence-corrected chi connectivity index (χ3v) is 2.34. The SMILES string of the molecule is CC(COc1cc(F)ccc1Br)OC(N)=O. The van der Waals surface area contributed by atoms with Crippen LogP contribution in [0.25, 0.3) is 0 Å². The Hall–Kier alpha value is -1.30. The fraction of sp³-hybridized carbons (Fsp3) is 0.300. The molecule has 0 aliphatic rings. The van der Waals surface area contributed by atoms with Crippen molar-refractivity contribution < 1.29 is 18.7 Å². The van der Waals surface area contributed by atoms with E-state index >= 15 is 0 Å². The van der Waals surface area contributed by atoms with Crippen LogP contribution < -0.4 is 10.5 Å². The number of halogens is 2. The van der Waals surface area contributed by atoms with Gasteiger partial charge in [0.05, 0.1) is 4.47 Å². The first-order valence-electron chi connectivity index (χ1n) is 4.53. The predicted molar refractivity (Wildman–Crippen MR) is 59.7 cm³/mol. The summed E-state index contributed by atoms with van der Waals surface area (Å²) in [7, 11) is 0. The minimum atomic E-state index is -0.866. The maximum atomic E-state index is 12.9. The number of benzene rings is 1. The van der Waals surface area contributed by atoms with Crippen LogP contribution in [0.2, 0.25) is 0 Å². The summed E-state index contributed by atoms with van der Waals surface area (Å²) in [5.74, 6) is -0.0541. The molecule has 0 radical (unpaired) electrons. The van der Waals surface area contributed by atoms with Crippen LogP contribution in [0.15, 0.2) is 22.7 Å². The Morgan fingerprint density at radius 3 is 2.94 bits per heavy atom. The van der Waals surface area contributed by atoms with Crippen molar-refractivity contribution in [2.75, 3.05) is 6.61 Å². The molecule has 0 aromatic heterocycles. The van der Waals surface area contributed by atoms with Crippen LogP contribution >= 0.6 is 15.9 Å². The molecule has 4 nitrogen and oxygen atoms in total. The van der Waals surface area contributed by atoms with Gasteiger partial charge in [-0.3, -0.25) is 0 Å². The molecule has 0 bridgehead atoms. The van der Waals surface area contributed by atoms with E-state index in [0.29, 0.717) is 10.2 Å². The summed E-state index contributed by atoms with van der Waals surface area (Å²) in [6, 6.07) is 4.08. The second-order valence-corrected chi connectivity index (χ2v) is 3.99. The van der Waals surface area contributed by atoms with Crippen molar-refractivity contribution in [1.82, 2.24) is 0 Å². The molecule has 88 valence electrons. The van der Waals surface area contributed by atoms with E-state index in [1.165, 1.54) is 18.2 Å². The molecule has 0 fully saturated rings. The molecule has 0 aliphatic heterocycles. The lowest BCUT2D eigenvalue weighted by atomic mass is 10.3. The van der Waals surface area contributed by atoms with Crippen LogP contribution in [-0.4, -0.2) is 18.8 Å². The molecule has 0 saturated carbocycles. The Bertz CT molecular complexity index is 386. The van der Waals surface area contributed by atoms with Crippen molar-refractivity contribution in [3.8, 4) is 5.75 Å². The Kier molecular flexibility index (Phi) is 4.54. The van der Waals surface area contributed by atoms with Crippen molar-refractivity contribution in [2.24, 2.45) is 5.73 Å². The molecule has 2 N–H and O–H groups in total. The normalized spacial score (nSPS) is 11.9. The first-order chi connectivity index (χ1) is 7.49. The van der Waals surface area contributed by atoms with Crippen molar-refractivity contribution in [2.45, 2.75) is 13.0 Å². The Morgan fingerprint density at radius 2 is 2.31 bits per heavy atom. The van der Waals surface area contributed by atoms with Gasteiger partial charge in [-0.1, -0.05) is 0 Å². The van der Waals surface area contributed by atoms with Crippen molar-refractivity contribution in [3.63, 3.8) is 0 Å². The molecular formula is C10H11BrFNO3. The topological polar surface area (TPSA) is 61.6 Å². The van der Waals surface area contributed by atoms with Gasteiger partial charge in [-0.15, -0.1) is 0 Å². The fourth-order valence-electron chi connectivity index (χ4n) is 1.03. The lowest BCUT2D eigenvalue weighted by Crippen LogP contribution is -2.25. The number of amides is 1. The quantitative estimate of drug-likeness (QED) is 0.927. The van der Waals surface area contributed by atoms with E-state index in [9.17, 15) is 9.18 Å². The molecule has 1 aromatic carbocycles. The first kappa shape index (κ1) is 12.8. The highest BCUT2D eigenvalue weighted by Crippen LogP contribution is 2.25. The molecular weight excluding hydrogens is 281 g/mol. The molecule has 0 saturated heterocycles. The van der Waals surface area contributed by atoms with Gasteiger partial charge in [0.15, 0.2) is 0 Å². The van der Waals surface area contributed by atoms with E-state index in [2.05, 4.69) is 20.7 Å². The Labute approximate surface area is 101 Å². The molecule has 1 unspecified atom stereocenters. The maximum absolute atomic E-state index is 12.9. The third-order valence-electron chi connectivity index (χ3n) is 1.68. The van der Waals surface area contributed by atoms with Gasteiger partial charge in [0, 0.05) is 6.07 Å². The first-order valence-corrected chi connectivity index (χ1v) is 5.32. The van der Waals surface area contributed by atoms with E-state index in [4.69, 9.17) is 10.5 Å². The Balaban J connectivity index is 2.54. The highest BCUT2D eigenvalue weighted by Gasteiger charge is 2.09. The third kappa shape index (κ3) is 4.06. The van der Waals surface area contributed by atoms with E-state index in [1.807, 2.05) is 0 Å². The maximum Gasteiger partial charge on any atom is 0.404 e. The predicted octanol–water partition coefficient (Wildman–Crippen LogP) is 2.45. The Morgan fingerprint density at radius 1 is 1.62 bits per heavy atom. The summed E-state index contributed by atoms with van der Waals surface area (Å²) < 4.78 is 23.4. The van der Waals surface area contributed by atoms with Crippen LogP contribution in [-0.2, 0) is 4.74 Å². The standard InChI is InChI=1S/C10H11BrFNO3/c1-6(16-10(13)14)5-15-9-4-7(12)2-3-8(9)11/h2-4,6H,5H2,1H3,(H2,13,14). The molecule has 1 rings (SSSR count). The molecule has 0 heterocycles. The highest BCUT2D eigenvalue weighted by molar-refractivity contribution is 9.10. The summed E-state index contributed by atoms with van der Waals surface area (Å²) in [5.41, 5.74) is 4.83. The monoisotopic (exact) mass is 291 g/mol. The van der Waals surface area contributed by atoms with Gasteiger partial charge in [-0.05, 0) is 35.0 Å². The zero-order chi connectivity index (χ0) is 12.1. The zero-order valence-electron chi connectivity index (χ0n) is 8.57. The lowest BCUT2D eigenvalue weighted by Gasteiger charge is -2.13. The zero-order valence-corrected chi connectivity index (χ0v) is 10.2. The summed E-state index contributed by atoms with van der Waals surface area (Å²) in [5, 5.41) is 0. The van der Waals surface area contributed by atoms with Gasteiger partial charge >= 0.3 is 6.09 Å². The van der Waals surface area contributed by atoms with Gasteiger partial charge in [0.2, 0.25) is 0 Å². The van der Waals surface area contributed by atoms with Gasteiger partial charge in [0.25, 0.3) is 0 Å². The van der Waals surface area contributed by atoms with E-state index in [0.717, 1.165) is 0 Å². The molecule has 0 aliphatic carbocycles. The van der Waals surface area contributed by atoms with Crippen LogP contribution in [0.5, 0.6) is 5.75 Å². The minimum absolute atomic E-state index is 0.102. The number of carbonyl (C=O) groups is 1. The largest absolute Gasteiger partial charge is 0.488 e. The smallest absolute Gasteiger partial charge is 0.404 e. The van der Waals surface area contributed by atoms with Crippen LogP contribution in [0, 0.1) is 5.82 Å². The van der Waals surface area contributed by atoms with Crippen molar-refractivity contribution >= 4 is 22.0 Å². The fourth-order valence-corrected chi connectivity index (χ4v) is 1.39. The summed E-state index contributed by atoms with van der Waals surface area (Å²) >= 11 is 3.21. The number of nitrogens with two attached hydrogens (primary N) is 1.